The van der Waals surface area contributed by atoms with E-state index < -0.39 is 0 Å². The van der Waals surface area contributed by atoms with E-state index in [0.29, 0.717) is 17.9 Å². The van der Waals surface area contributed by atoms with E-state index in [-0.39, 0.29) is 29.3 Å². The fourth-order valence-corrected chi connectivity index (χ4v) is 4.77. The van der Waals surface area contributed by atoms with Gasteiger partial charge in [0.25, 0.3) is 0 Å². The van der Waals surface area contributed by atoms with Crippen molar-refractivity contribution >= 4 is 0 Å². The summed E-state index contributed by atoms with van der Waals surface area (Å²) in [6.07, 6.45) is 1.10. The highest BCUT2D eigenvalue weighted by atomic mass is 35.5. The van der Waals surface area contributed by atoms with Crippen LogP contribution in [0.4, 0.5) is 0 Å². The zero-order chi connectivity index (χ0) is 20.8. The molecule has 0 radical (unpaired) electrons. The van der Waals surface area contributed by atoms with E-state index in [0.717, 1.165) is 12.2 Å². The molecule has 0 amide bonds. The van der Waals surface area contributed by atoms with Crippen LogP contribution in [0.15, 0.2) is 60.7 Å². The van der Waals surface area contributed by atoms with Gasteiger partial charge in [0.1, 0.15) is 25.0 Å². The Morgan fingerprint density at radius 1 is 0.793 bits per heavy atom. The summed E-state index contributed by atoms with van der Waals surface area (Å²) in [7, 11) is 4.31. The molecule has 4 heteroatoms. The lowest BCUT2D eigenvalue weighted by atomic mass is 9.69. The molecule has 2 aromatic carbocycles. The number of halogens is 1. The minimum absolute atomic E-state index is 0. The van der Waals surface area contributed by atoms with Crippen LogP contribution in [-0.2, 0) is 4.84 Å². The smallest absolute Gasteiger partial charge is 0.149 e. The number of ether oxygens (including phenoxy) is 1. The first kappa shape index (κ1) is 25.5. The molecule has 0 spiro atoms. The highest BCUT2D eigenvalue weighted by Gasteiger charge is 2.46. The summed E-state index contributed by atoms with van der Waals surface area (Å²) in [6, 6.07) is 20.9. The first-order valence-corrected chi connectivity index (χ1v) is 10.2. The topological polar surface area (TPSA) is 18.5 Å². The van der Waals surface area contributed by atoms with Crippen LogP contribution >= 0.6 is 0 Å². The summed E-state index contributed by atoms with van der Waals surface area (Å²) in [5.41, 5.74) is 1.61. The van der Waals surface area contributed by atoms with Gasteiger partial charge in [0.05, 0.1) is 14.1 Å². The molecule has 0 aliphatic rings. The number of hydrogen-bond donors (Lipinski definition) is 0. The lowest BCUT2D eigenvalue weighted by Crippen LogP contribution is -3.00. The van der Waals surface area contributed by atoms with Crippen molar-refractivity contribution in [1.29, 1.82) is 0 Å². The maximum atomic E-state index is 6.38. The van der Waals surface area contributed by atoms with E-state index in [2.05, 4.69) is 79.0 Å². The molecule has 0 aromatic heterocycles. The van der Waals surface area contributed by atoms with Gasteiger partial charge in [-0.15, -0.1) is 0 Å². The molecule has 0 saturated carbocycles. The third-order valence-electron chi connectivity index (χ3n) is 4.98. The van der Waals surface area contributed by atoms with Gasteiger partial charge in [-0.25, -0.2) is 0 Å². The van der Waals surface area contributed by atoms with Crippen LogP contribution < -0.4 is 17.1 Å². The van der Waals surface area contributed by atoms with E-state index in [1.165, 1.54) is 5.56 Å². The zero-order valence-corrected chi connectivity index (χ0v) is 19.9. The van der Waals surface area contributed by atoms with Gasteiger partial charge >= 0.3 is 0 Å². The summed E-state index contributed by atoms with van der Waals surface area (Å²) in [4.78, 5) is 6.38. The summed E-state index contributed by atoms with van der Waals surface area (Å²) in [6.45, 7) is 12.7. The van der Waals surface area contributed by atoms with Crippen LogP contribution in [0, 0.1) is 10.8 Å². The molecule has 1 unspecified atom stereocenters. The molecule has 29 heavy (non-hydrogen) atoms. The molecule has 2 aromatic rings. The molecule has 1 atom stereocenters. The second kappa shape index (κ2) is 10.5. The van der Waals surface area contributed by atoms with Crippen molar-refractivity contribution in [2.24, 2.45) is 10.8 Å². The Morgan fingerprint density at radius 3 is 1.83 bits per heavy atom. The maximum Gasteiger partial charge on any atom is 0.149 e. The highest BCUT2D eigenvalue weighted by molar-refractivity contribution is 5.21. The second-order valence-electron chi connectivity index (χ2n) is 9.97. The van der Waals surface area contributed by atoms with E-state index >= 15 is 0 Å². The Kier molecular flexibility index (Phi) is 9.20. The van der Waals surface area contributed by atoms with Gasteiger partial charge in [-0.05, 0) is 24.0 Å². The summed E-state index contributed by atoms with van der Waals surface area (Å²) in [5.74, 6) is 0.879. The molecular weight excluding hydrogens is 382 g/mol. The number of benzene rings is 2. The molecule has 162 valence electrons. The average molecular weight is 420 g/mol. The van der Waals surface area contributed by atoms with Crippen molar-refractivity contribution in [3.63, 3.8) is 0 Å². The van der Waals surface area contributed by atoms with E-state index in [9.17, 15) is 0 Å². The number of para-hydroxylation sites is 1. The molecule has 0 saturated heterocycles. The predicted octanol–water partition coefficient (Wildman–Crippen LogP) is 3.28. The van der Waals surface area contributed by atoms with E-state index in [1.54, 1.807) is 0 Å². The number of hydroxylamine groups is 3. The standard InChI is InChI=1S/C25H38NO2.ClH/c1-24(2,3)20-25(4,5)23(21-14-10-8-11-15-21)26(6,7)28-19-18-27-22-16-12-9-13-17-22;/h8-17,23H,18-20H2,1-7H3;1H/q+1;/p-1. The second-order valence-corrected chi connectivity index (χ2v) is 9.97. The Labute approximate surface area is 184 Å². The summed E-state index contributed by atoms with van der Waals surface area (Å²) < 4.78 is 6.28. The Balaban J connectivity index is 0.00000420. The van der Waals surface area contributed by atoms with Crippen molar-refractivity contribution in [3.8, 4) is 5.75 Å². The molecule has 0 aliphatic heterocycles. The van der Waals surface area contributed by atoms with Gasteiger partial charge in [-0.1, -0.05) is 83.1 Å². The monoisotopic (exact) mass is 419 g/mol. The third kappa shape index (κ3) is 8.00. The Bertz CT molecular complexity index is 709. The van der Waals surface area contributed by atoms with Gasteiger partial charge in [-0.2, -0.15) is 9.48 Å². The molecular formula is C25H38ClNO2. The van der Waals surface area contributed by atoms with Gasteiger partial charge in [0.15, 0.2) is 0 Å². The van der Waals surface area contributed by atoms with Crippen molar-refractivity contribution < 1.29 is 26.6 Å². The first-order valence-electron chi connectivity index (χ1n) is 10.2. The normalized spacial score (nSPS) is 13.5. The lowest BCUT2D eigenvalue weighted by Gasteiger charge is -2.46. The van der Waals surface area contributed by atoms with Crippen molar-refractivity contribution in [1.82, 2.24) is 0 Å². The molecule has 0 N–H and O–H groups in total. The molecule has 0 aliphatic carbocycles. The van der Waals surface area contributed by atoms with Crippen LogP contribution in [0.1, 0.15) is 52.6 Å². The molecule has 0 fully saturated rings. The quantitative estimate of drug-likeness (QED) is 0.353. The van der Waals surface area contributed by atoms with Crippen LogP contribution in [-0.4, -0.2) is 32.0 Å². The summed E-state index contributed by atoms with van der Waals surface area (Å²) >= 11 is 0. The third-order valence-corrected chi connectivity index (χ3v) is 4.98. The minimum Gasteiger partial charge on any atom is -1.00 e. The molecule has 2 rings (SSSR count). The van der Waals surface area contributed by atoms with Gasteiger partial charge in [0, 0.05) is 11.0 Å². The number of quaternary nitrogens is 1. The lowest BCUT2D eigenvalue weighted by molar-refractivity contribution is -1.10. The van der Waals surface area contributed by atoms with Gasteiger partial charge < -0.3 is 17.1 Å². The zero-order valence-electron chi connectivity index (χ0n) is 19.1. The molecule has 0 bridgehead atoms. The minimum atomic E-state index is 0. The van der Waals surface area contributed by atoms with E-state index in [4.69, 9.17) is 9.57 Å². The van der Waals surface area contributed by atoms with Gasteiger partial charge in [-0.3, -0.25) is 0 Å². The number of nitrogens with zero attached hydrogens (tertiary/aromatic N) is 1. The number of hydrogen-bond acceptors (Lipinski definition) is 2. The SMILES string of the molecule is CC(C)(C)CC(C)(C)C(c1ccccc1)[N+](C)(C)OCCOc1ccccc1.[Cl-]. The number of rotatable bonds is 9. The van der Waals surface area contributed by atoms with Gasteiger partial charge in [0.2, 0.25) is 0 Å². The first-order chi connectivity index (χ1) is 13.0. The predicted molar refractivity (Wildman–Crippen MR) is 117 cm³/mol. The fraction of sp³-hybridized carbons (Fsp3) is 0.520. The highest BCUT2D eigenvalue weighted by Crippen LogP contribution is 2.47. The fourth-order valence-electron chi connectivity index (χ4n) is 4.77. The largest absolute Gasteiger partial charge is 1.00 e. The van der Waals surface area contributed by atoms with Crippen molar-refractivity contribution in [3.05, 3.63) is 66.2 Å². The Morgan fingerprint density at radius 2 is 1.31 bits per heavy atom. The van der Waals surface area contributed by atoms with Crippen LogP contribution in [0.5, 0.6) is 5.75 Å². The molecule has 0 heterocycles. The maximum absolute atomic E-state index is 6.38. The summed E-state index contributed by atoms with van der Waals surface area (Å²) in [5, 5.41) is 0. The van der Waals surface area contributed by atoms with Crippen LogP contribution in [0.25, 0.3) is 0 Å². The van der Waals surface area contributed by atoms with Crippen molar-refractivity contribution in [2.45, 2.75) is 47.1 Å². The van der Waals surface area contributed by atoms with Crippen LogP contribution in [0.3, 0.4) is 0 Å². The van der Waals surface area contributed by atoms with E-state index in [1.807, 2.05) is 30.3 Å². The molecule has 3 nitrogen and oxygen atoms in total. The average Bonchev–Trinajstić information content (AvgIpc) is 2.58. The Hall–Kier alpha value is -1.55. The van der Waals surface area contributed by atoms with Crippen molar-refractivity contribution in [2.75, 3.05) is 27.3 Å². The van der Waals surface area contributed by atoms with Crippen LogP contribution in [0.2, 0.25) is 0 Å².